The topological polar surface area (TPSA) is 97.3 Å². The summed E-state index contributed by atoms with van der Waals surface area (Å²) < 4.78 is 16.4. The molecule has 1 fully saturated rings. The van der Waals surface area contributed by atoms with Crippen molar-refractivity contribution >= 4 is 17.6 Å². The predicted molar refractivity (Wildman–Crippen MR) is 152 cm³/mol. The van der Waals surface area contributed by atoms with E-state index in [1.807, 2.05) is 59.5 Å². The largest absolute Gasteiger partial charge is 0.497 e. The number of anilines is 1. The summed E-state index contributed by atoms with van der Waals surface area (Å²) in [6.45, 7) is 4.81. The molecule has 0 bridgehead atoms. The van der Waals surface area contributed by atoms with Crippen molar-refractivity contribution in [2.24, 2.45) is 5.92 Å². The van der Waals surface area contributed by atoms with Crippen LogP contribution in [0.5, 0.6) is 17.2 Å². The summed E-state index contributed by atoms with van der Waals surface area (Å²) in [4.78, 5) is 28.4. The fourth-order valence-corrected chi connectivity index (χ4v) is 6.02. The zero-order chi connectivity index (χ0) is 28.2. The molecular formula is C32H36N2O6. The van der Waals surface area contributed by atoms with E-state index in [0.717, 1.165) is 47.2 Å². The average Bonchev–Trinajstić information content (AvgIpc) is 3.58. The first-order valence-electron chi connectivity index (χ1n) is 13.8. The molecule has 1 amide bonds. The van der Waals surface area contributed by atoms with E-state index in [1.54, 1.807) is 7.11 Å². The predicted octanol–water partition coefficient (Wildman–Crippen LogP) is 5.42. The number of hydrogen-bond donors (Lipinski definition) is 2. The maximum atomic E-state index is 13.6. The maximum Gasteiger partial charge on any atom is 0.309 e. The second kappa shape index (κ2) is 12.0. The van der Waals surface area contributed by atoms with Crippen LogP contribution in [0.4, 0.5) is 5.69 Å². The number of aliphatic carboxylic acids is 1. The Morgan fingerprint density at radius 2 is 1.73 bits per heavy atom. The van der Waals surface area contributed by atoms with E-state index < -0.39 is 17.9 Å². The fraction of sp³-hybridized carbons (Fsp3) is 0.375. The lowest BCUT2D eigenvalue weighted by Gasteiger charge is -2.27. The van der Waals surface area contributed by atoms with Crippen molar-refractivity contribution in [1.29, 1.82) is 0 Å². The van der Waals surface area contributed by atoms with Crippen LogP contribution in [0.25, 0.3) is 0 Å². The van der Waals surface area contributed by atoms with E-state index in [1.165, 1.54) is 0 Å². The zero-order valence-corrected chi connectivity index (χ0v) is 23.2. The van der Waals surface area contributed by atoms with Crippen molar-refractivity contribution in [2.75, 3.05) is 32.3 Å². The third kappa shape index (κ3) is 5.49. The van der Waals surface area contributed by atoms with Crippen LogP contribution in [-0.4, -0.2) is 48.9 Å². The van der Waals surface area contributed by atoms with E-state index in [-0.39, 0.29) is 25.2 Å². The number of nitrogens with one attached hydrogen (secondary N) is 1. The average molecular weight is 545 g/mol. The number of nitrogens with zero attached hydrogens (tertiary/aromatic N) is 1. The first kappa shape index (κ1) is 27.5. The number of carboxylic acid groups (broad SMARTS) is 1. The van der Waals surface area contributed by atoms with Crippen LogP contribution in [0.2, 0.25) is 0 Å². The van der Waals surface area contributed by atoms with Crippen molar-refractivity contribution in [2.45, 2.75) is 45.1 Å². The smallest absolute Gasteiger partial charge is 0.309 e. The molecule has 3 aromatic rings. The molecule has 0 radical (unpaired) electrons. The Labute approximate surface area is 234 Å². The van der Waals surface area contributed by atoms with Crippen LogP contribution >= 0.6 is 0 Å². The molecule has 8 nitrogen and oxygen atoms in total. The molecule has 210 valence electrons. The minimum atomic E-state index is -0.909. The Kier molecular flexibility index (Phi) is 8.26. The monoisotopic (exact) mass is 544 g/mol. The van der Waals surface area contributed by atoms with Crippen LogP contribution < -0.4 is 19.5 Å². The second-order valence-electron chi connectivity index (χ2n) is 10.3. The van der Waals surface area contributed by atoms with Crippen molar-refractivity contribution in [3.8, 4) is 17.2 Å². The molecule has 0 spiro atoms. The number of amides is 1. The third-order valence-corrected chi connectivity index (χ3v) is 7.91. The van der Waals surface area contributed by atoms with Crippen molar-refractivity contribution in [3.05, 3.63) is 82.9 Å². The van der Waals surface area contributed by atoms with Crippen LogP contribution in [0, 0.1) is 5.92 Å². The summed E-state index contributed by atoms with van der Waals surface area (Å²) in [6, 6.07) is 18.6. The molecule has 5 rings (SSSR count). The third-order valence-electron chi connectivity index (χ3n) is 7.91. The van der Waals surface area contributed by atoms with E-state index in [2.05, 4.69) is 25.2 Å². The highest BCUT2D eigenvalue weighted by Gasteiger charge is 2.48. The maximum absolute atomic E-state index is 13.6. The number of rotatable bonds is 10. The van der Waals surface area contributed by atoms with E-state index in [0.29, 0.717) is 23.8 Å². The van der Waals surface area contributed by atoms with Crippen LogP contribution in [0.15, 0.2) is 60.7 Å². The van der Waals surface area contributed by atoms with Gasteiger partial charge in [-0.2, -0.15) is 0 Å². The summed E-state index contributed by atoms with van der Waals surface area (Å²) in [5.41, 5.74) is 4.75. The Bertz CT molecular complexity index is 1370. The van der Waals surface area contributed by atoms with Gasteiger partial charge in [-0.25, -0.2) is 0 Å². The number of para-hydroxylation sites is 1. The lowest BCUT2D eigenvalue weighted by Crippen LogP contribution is -2.35. The van der Waals surface area contributed by atoms with Gasteiger partial charge in [-0.15, -0.1) is 0 Å². The molecule has 0 saturated carbocycles. The van der Waals surface area contributed by atoms with Crippen molar-refractivity contribution in [3.63, 3.8) is 0 Å². The first-order chi connectivity index (χ1) is 19.4. The molecule has 40 heavy (non-hydrogen) atoms. The van der Waals surface area contributed by atoms with E-state index in [4.69, 9.17) is 14.2 Å². The molecule has 2 N–H and O–H groups in total. The van der Waals surface area contributed by atoms with Gasteiger partial charge in [0.1, 0.15) is 5.75 Å². The van der Waals surface area contributed by atoms with Crippen molar-refractivity contribution in [1.82, 2.24) is 4.90 Å². The van der Waals surface area contributed by atoms with Gasteiger partial charge in [0.25, 0.3) is 0 Å². The molecule has 3 aromatic carbocycles. The number of methoxy groups -OCH3 is 1. The standard InChI is InChI=1S/C32H36N2O6/c1-4-7-21-9-6-8-20(5-2)30(21)33-28(35)18-34-17-25(23-12-15-26-27(16-23)40-19-39-26)29(32(36)37)31(34)22-10-13-24(38-3)14-11-22/h6,8-16,25,29,31H,4-5,7,17-19H2,1-3H3,(H,33,35)(H,36,37)/t25-,29+,31+/m0/s1. The molecule has 3 atom stereocenters. The number of hydrogen-bond acceptors (Lipinski definition) is 6. The minimum absolute atomic E-state index is 0.0607. The molecule has 2 heterocycles. The van der Waals surface area contributed by atoms with Gasteiger partial charge in [-0.1, -0.05) is 56.7 Å². The molecule has 2 aliphatic rings. The van der Waals surface area contributed by atoms with Gasteiger partial charge in [0, 0.05) is 24.2 Å². The quantitative estimate of drug-likeness (QED) is 0.352. The highest BCUT2D eigenvalue weighted by Crippen LogP contribution is 2.47. The number of carbonyl (C=O) groups is 2. The van der Waals surface area contributed by atoms with Gasteiger partial charge in [0.05, 0.1) is 19.6 Å². The number of likely N-dealkylation sites (tertiary alicyclic amines) is 1. The highest BCUT2D eigenvalue weighted by molar-refractivity contribution is 5.94. The number of ether oxygens (including phenoxy) is 3. The molecule has 1 saturated heterocycles. The minimum Gasteiger partial charge on any atom is -0.497 e. The molecule has 0 aliphatic carbocycles. The van der Waals surface area contributed by atoms with Gasteiger partial charge < -0.3 is 24.6 Å². The number of benzene rings is 3. The summed E-state index contributed by atoms with van der Waals surface area (Å²) in [5.74, 6) is -0.261. The lowest BCUT2D eigenvalue weighted by atomic mass is 9.82. The SMILES string of the molecule is CCCc1cccc(CC)c1NC(=O)CN1C[C@@H](c2ccc3c(c2)OCO3)[C@@H](C(=O)O)[C@H]1c1ccc(OC)cc1. The van der Waals surface area contributed by atoms with Gasteiger partial charge in [-0.05, 0) is 59.4 Å². The Morgan fingerprint density at radius 1 is 1.00 bits per heavy atom. The highest BCUT2D eigenvalue weighted by atomic mass is 16.7. The summed E-state index contributed by atoms with van der Waals surface area (Å²) in [7, 11) is 1.60. The number of carboxylic acids is 1. The van der Waals surface area contributed by atoms with Crippen LogP contribution in [-0.2, 0) is 22.4 Å². The molecule has 0 unspecified atom stereocenters. The van der Waals surface area contributed by atoms with Gasteiger partial charge in [0.15, 0.2) is 11.5 Å². The normalized spacial score (nSPS) is 19.9. The number of aryl methyl sites for hydroxylation is 2. The molecular weight excluding hydrogens is 508 g/mol. The Hall–Kier alpha value is -4.04. The van der Waals surface area contributed by atoms with E-state index in [9.17, 15) is 14.7 Å². The van der Waals surface area contributed by atoms with Gasteiger partial charge in [0.2, 0.25) is 12.7 Å². The van der Waals surface area contributed by atoms with Gasteiger partial charge in [-0.3, -0.25) is 14.5 Å². The molecule has 0 aromatic heterocycles. The summed E-state index contributed by atoms with van der Waals surface area (Å²) in [5, 5.41) is 13.7. The Balaban J connectivity index is 1.48. The Morgan fingerprint density at radius 3 is 2.42 bits per heavy atom. The lowest BCUT2D eigenvalue weighted by molar-refractivity contribution is -0.143. The first-order valence-corrected chi connectivity index (χ1v) is 13.8. The number of carbonyl (C=O) groups excluding carboxylic acids is 1. The van der Waals surface area contributed by atoms with Crippen molar-refractivity contribution < 1.29 is 28.9 Å². The summed E-state index contributed by atoms with van der Waals surface area (Å²) >= 11 is 0. The summed E-state index contributed by atoms with van der Waals surface area (Å²) in [6.07, 6.45) is 2.65. The number of fused-ring (bicyclic) bond motifs is 1. The molecule has 8 heteroatoms. The van der Waals surface area contributed by atoms with Crippen LogP contribution in [0.3, 0.4) is 0 Å². The fourth-order valence-electron chi connectivity index (χ4n) is 6.02. The molecule has 2 aliphatic heterocycles. The van der Waals surface area contributed by atoms with Gasteiger partial charge >= 0.3 is 5.97 Å². The zero-order valence-electron chi connectivity index (χ0n) is 23.2. The van der Waals surface area contributed by atoms with Crippen LogP contribution in [0.1, 0.15) is 54.5 Å². The van der Waals surface area contributed by atoms with E-state index >= 15 is 0 Å². The second-order valence-corrected chi connectivity index (χ2v) is 10.3.